The number of anilines is 1. The molecule has 8 heteroatoms. The van der Waals surface area contributed by atoms with Crippen molar-refractivity contribution in [1.29, 1.82) is 0 Å². The predicted molar refractivity (Wildman–Crippen MR) is 150 cm³/mol. The number of guanidine groups is 1. The van der Waals surface area contributed by atoms with Crippen LogP contribution in [-0.4, -0.2) is 40.9 Å². The Morgan fingerprint density at radius 1 is 0.971 bits per heavy atom. The summed E-state index contributed by atoms with van der Waals surface area (Å²) in [4.78, 5) is 11.5. The molecule has 182 valence electrons. The summed E-state index contributed by atoms with van der Waals surface area (Å²) in [6.07, 6.45) is 7.15. The lowest BCUT2D eigenvalue weighted by Gasteiger charge is -2.21. The highest BCUT2D eigenvalue weighted by molar-refractivity contribution is 14.0. The van der Waals surface area contributed by atoms with Crippen molar-refractivity contribution in [2.45, 2.75) is 52.6 Å². The molecule has 3 heterocycles. The zero-order valence-corrected chi connectivity index (χ0v) is 22.8. The summed E-state index contributed by atoms with van der Waals surface area (Å²) in [5, 5.41) is 11.5. The third-order valence-electron chi connectivity index (χ3n) is 6.10. The Labute approximate surface area is 220 Å². The van der Waals surface area contributed by atoms with Gasteiger partial charge in [-0.1, -0.05) is 37.1 Å². The third kappa shape index (κ3) is 6.71. The van der Waals surface area contributed by atoms with Gasteiger partial charge in [0.2, 0.25) is 0 Å². The Morgan fingerprint density at radius 3 is 2.35 bits per heavy atom. The van der Waals surface area contributed by atoms with Gasteiger partial charge in [0.1, 0.15) is 5.82 Å². The first-order chi connectivity index (χ1) is 16.1. The summed E-state index contributed by atoms with van der Waals surface area (Å²) in [6.45, 7) is 7.65. The van der Waals surface area contributed by atoms with Crippen molar-refractivity contribution in [3.8, 4) is 5.69 Å². The predicted octanol–water partition coefficient (Wildman–Crippen LogP) is 4.75. The van der Waals surface area contributed by atoms with E-state index in [1.807, 2.05) is 23.9 Å². The van der Waals surface area contributed by atoms with Crippen molar-refractivity contribution >= 4 is 35.8 Å². The molecule has 1 aliphatic rings. The van der Waals surface area contributed by atoms with E-state index in [2.05, 4.69) is 68.9 Å². The molecule has 0 bridgehead atoms. The van der Waals surface area contributed by atoms with Crippen LogP contribution in [0.15, 0.2) is 53.7 Å². The Bertz CT molecular complexity index is 1070. The number of aromatic nitrogens is 3. The second-order valence-corrected chi connectivity index (χ2v) is 8.67. The van der Waals surface area contributed by atoms with Crippen LogP contribution >= 0.6 is 24.0 Å². The van der Waals surface area contributed by atoms with Crippen LogP contribution in [0.2, 0.25) is 0 Å². The van der Waals surface area contributed by atoms with Crippen LogP contribution in [-0.2, 0) is 13.1 Å². The van der Waals surface area contributed by atoms with Gasteiger partial charge in [-0.3, -0.25) is 4.99 Å². The van der Waals surface area contributed by atoms with Crippen molar-refractivity contribution in [1.82, 2.24) is 25.4 Å². The van der Waals surface area contributed by atoms with E-state index in [1.165, 1.54) is 25.7 Å². The van der Waals surface area contributed by atoms with E-state index in [-0.39, 0.29) is 24.0 Å². The molecule has 2 N–H and O–H groups in total. The Kier molecular flexibility index (Phi) is 9.74. The van der Waals surface area contributed by atoms with Gasteiger partial charge in [-0.25, -0.2) is 9.67 Å². The summed E-state index contributed by atoms with van der Waals surface area (Å²) >= 11 is 0. The lowest BCUT2D eigenvalue weighted by molar-refractivity contribution is 0.726. The summed E-state index contributed by atoms with van der Waals surface area (Å²) in [7, 11) is 1.79. The molecule has 1 fully saturated rings. The highest BCUT2D eigenvalue weighted by atomic mass is 127. The van der Waals surface area contributed by atoms with Gasteiger partial charge in [0.25, 0.3) is 0 Å². The maximum atomic E-state index is 4.71. The second kappa shape index (κ2) is 12.7. The maximum absolute atomic E-state index is 4.71. The average Bonchev–Trinajstić information content (AvgIpc) is 3.02. The Morgan fingerprint density at radius 2 is 1.71 bits per heavy atom. The van der Waals surface area contributed by atoms with E-state index < -0.39 is 0 Å². The van der Waals surface area contributed by atoms with Crippen LogP contribution in [0.3, 0.4) is 0 Å². The number of pyridine rings is 1. The monoisotopic (exact) mass is 573 g/mol. The molecule has 0 unspecified atom stereocenters. The molecule has 2 aromatic heterocycles. The van der Waals surface area contributed by atoms with Crippen LogP contribution in [0.4, 0.5) is 5.82 Å². The summed E-state index contributed by atoms with van der Waals surface area (Å²) in [6, 6.07) is 14.7. The zero-order chi connectivity index (χ0) is 23.0. The van der Waals surface area contributed by atoms with E-state index in [0.717, 1.165) is 53.1 Å². The van der Waals surface area contributed by atoms with Gasteiger partial charge in [0.05, 0.1) is 11.4 Å². The molecule has 0 radical (unpaired) electrons. The summed E-state index contributed by atoms with van der Waals surface area (Å²) in [5.41, 5.74) is 5.52. The van der Waals surface area contributed by atoms with Crippen molar-refractivity contribution in [3.05, 3.63) is 71.2 Å². The molecule has 0 aliphatic carbocycles. The number of nitrogens with zero attached hydrogens (tertiary/aromatic N) is 5. The average molecular weight is 574 g/mol. The van der Waals surface area contributed by atoms with E-state index in [1.54, 1.807) is 7.05 Å². The number of hydrogen-bond acceptors (Lipinski definition) is 4. The molecule has 3 aromatic rings. The lowest BCUT2D eigenvalue weighted by Crippen LogP contribution is -2.36. The smallest absolute Gasteiger partial charge is 0.191 e. The fraction of sp³-hybridized carbons (Fsp3) is 0.423. The Hall–Kier alpha value is -2.62. The number of rotatable bonds is 6. The molecule has 4 rings (SSSR count). The third-order valence-corrected chi connectivity index (χ3v) is 6.10. The van der Waals surface area contributed by atoms with Gasteiger partial charge in [-0.05, 0) is 56.0 Å². The van der Waals surface area contributed by atoms with Crippen LogP contribution in [0, 0.1) is 13.8 Å². The number of nitrogens with one attached hydrogen (secondary N) is 2. The molecule has 1 aromatic carbocycles. The molecule has 1 saturated heterocycles. The van der Waals surface area contributed by atoms with Crippen molar-refractivity contribution < 1.29 is 0 Å². The Balaban J connectivity index is 0.00000324. The topological polar surface area (TPSA) is 70.4 Å². The second-order valence-electron chi connectivity index (χ2n) is 8.67. The van der Waals surface area contributed by atoms with Crippen molar-refractivity contribution in [3.63, 3.8) is 0 Å². The van der Waals surface area contributed by atoms with Crippen LogP contribution in [0.25, 0.3) is 5.69 Å². The van der Waals surface area contributed by atoms with Gasteiger partial charge in [0, 0.05) is 45.1 Å². The van der Waals surface area contributed by atoms with Crippen LogP contribution in [0.5, 0.6) is 0 Å². The van der Waals surface area contributed by atoms with Gasteiger partial charge < -0.3 is 15.5 Å². The number of benzene rings is 1. The minimum Gasteiger partial charge on any atom is -0.357 e. The first-order valence-electron chi connectivity index (χ1n) is 11.9. The molecule has 7 nitrogen and oxygen atoms in total. The number of aliphatic imine (C=N–C) groups is 1. The van der Waals surface area contributed by atoms with E-state index in [9.17, 15) is 0 Å². The minimum absolute atomic E-state index is 0. The maximum Gasteiger partial charge on any atom is 0.191 e. The van der Waals surface area contributed by atoms with Crippen LogP contribution in [0.1, 0.15) is 48.2 Å². The highest BCUT2D eigenvalue weighted by Gasteiger charge is 2.11. The fourth-order valence-corrected chi connectivity index (χ4v) is 4.33. The first-order valence-corrected chi connectivity index (χ1v) is 11.9. The molecular weight excluding hydrogens is 537 g/mol. The molecule has 0 amide bonds. The van der Waals surface area contributed by atoms with E-state index in [0.29, 0.717) is 13.1 Å². The number of aryl methyl sites for hydroxylation is 2. The minimum atomic E-state index is 0. The van der Waals surface area contributed by atoms with E-state index in [4.69, 9.17) is 4.98 Å². The normalized spacial score (nSPS) is 14.3. The largest absolute Gasteiger partial charge is 0.357 e. The van der Waals surface area contributed by atoms with Gasteiger partial charge >= 0.3 is 0 Å². The molecule has 0 spiro atoms. The van der Waals surface area contributed by atoms with Gasteiger partial charge in [0.15, 0.2) is 5.96 Å². The van der Waals surface area contributed by atoms with Crippen molar-refractivity contribution in [2.75, 3.05) is 25.0 Å². The van der Waals surface area contributed by atoms with E-state index >= 15 is 0 Å². The summed E-state index contributed by atoms with van der Waals surface area (Å²) < 4.78 is 2.00. The quantitative estimate of drug-likeness (QED) is 0.253. The van der Waals surface area contributed by atoms with Gasteiger partial charge in [-0.15, -0.1) is 24.0 Å². The molecular formula is C26H36IN7. The lowest BCUT2D eigenvalue weighted by atomic mass is 10.1. The molecule has 1 aliphatic heterocycles. The molecule has 0 atom stereocenters. The van der Waals surface area contributed by atoms with Crippen molar-refractivity contribution in [2.24, 2.45) is 4.99 Å². The number of hydrogen-bond donors (Lipinski definition) is 2. The molecule has 0 saturated carbocycles. The number of halogens is 1. The number of para-hydroxylation sites is 1. The van der Waals surface area contributed by atoms with Crippen LogP contribution < -0.4 is 15.5 Å². The zero-order valence-electron chi connectivity index (χ0n) is 20.4. The SMILES string of the molecule is CN=C(NCc1ccc(N2CCCCCC2)nc1)NCc1ccccc1-n1nc(C)cc1C.I. The highest BCUT2D eigenvalue weighted by Crippen LogP contribution is 2.18. The van der Waals surface area contributed by atoms with Gasteiger partial charge in [-0.2, -0.15) is 5.10 Å². The summed E-state index contributed by atoms with van der Waals surface area (Å²) in [5.74, 6) is 1.85. The standard InChI is InChI=1S/C26H35N7.HI/c1-20-16-21(2)33(31-20)24-11-7-6-10-23(24)19-30-26(27-3)29-18-22-12-13-25(28-17-22)32-14-8-4-5-9-15-32;/h6-7,10-13,16-17H,4-5,8-9,14-15,18-19H2,1-3H3,(H2,27,29,30);1H. The first kappa shape index (κ1) is 26.0. The fourth-order valence-electron chi connectivity index (χ4n) is 4.33. The molecule has 34 heavy (non-hydrogen) atoms.